The molecule has 1 atom stereocenters. The van der Waals surface area contributed by atoms with Crippen molar-refractivity contribution >= 4 is 5.91 Å². The third-order valence-electron chi connectivity index (χ3n) is 4.39. The van der Waals surface area contributed by atoms with Crippen molar-refractivity contribution in [3.05, 3.63) is 35.4 Å². The van der Waals surface area contributed by atoms with Crippen LogP contribution in [0.25, 0.3) is 0 Å². The molecule has 4 nitrogen and oxygen atoms in total. The van der Waals surface area contributed by atoms with Crippen LogP contribution in [-0.2, 0) is 22.6 Å². The summed E-state index contributed by atoms with van der Waals surface area (Å²) in [5.41, 5.74) is 2.54. The molecule has 1 N–H and O–H groups in total. The van der Waals surface area contributed by atoms with E-state index in [-0.39, 0.29) is 12.0 Å². The van der Waals surface area contributed by atoms with Gasteiger partial charge in [0.1, 0.15) is 6.10 Å². The first-order chi connectivity index (χ1) is 10.3. The minimum absolute atomic E-state index is 0.0310. The maximum Gasteiger partial charge on any atom is 0.249 e. The lowest BCUT2D eigenvalue weighted by molar-refractivity contribution is -0.130. The van der Waals surface area contributed by atoms with E-state index in [1.54, 1.807) is 0 Å². The molecule has 4 heteroatoms. The van der Waals surface area contributed by atoms with Crippen molar-refractivity contribution in [3.63, 3.8) is 0 Å². The lowest BCUT2D eigenvalue weighted by atomic mass is 10.1. The van der Waals surface area contributed by atoms with Crippen LogP contribution in [0.4, 0.5) is 0 Å². The van der Waals surface area contributed by atoms with Gasteiger partial charge in [-0.15, -0.1) is 0 Å². The minimum atomic E-state index is -0.240. The Morgan fingerprint density at radius 1 is 1.19 bits per heavy atom. The summed E-state index contributed by atoms with van der Waals surface area (Å²) in [6, 6.07) is 8.41. The Kier molecular flexibility index (Phi) is 4.88. The fraction of sp³-hybridized carbons (Fsp3) is 0.588. The SMILES string of the molecule is O=C(NCc1ccccc1CN1CCCC1)C1CCCO1. The van der Waals surface area contributed by atoms with E-state index < -0.39 is 0 Å². The van der Waals surface area contributed by atoms with Crippen molar-refractivity contribution in [2.24, 2.45) is 0 Å². The van der Waals surface area contributed by atoms with Gasteiger partial charge < -0.3 is 10.1 Å². The summed E-state index contributed by atoms with van der Waals surface area (Å²) in [6.45, 7) is 4.69. The van der Waals surface area contributed by atoms with E-state index in [4.69, 9.17) is 4.74 Å². The van der Waals surface area contributed by atoms with Gasteiger partial charge in [0.05, 0.1) is 0 Å². The Balaban J connectivity index is 1.57. The number of hydrogen-bond acceptors (Lipinski definition) is 3. The van der Waals surface area contributed by atoms with E-state index in [1.165, 1.54) is 37.1 Å². The van der Waals surface area contributed by atoms with Gasteiger partial charge in [0.2, 0.25) is 5.91 Å². The van der Waals surface area contributed by atoms with Crippen molar-refractivity contribution in [1.29, 1.82) is 0 Å². The Morgan fingerprint density at radius 3 is 2.67 bits per heavy atom. The third-order valence-corrected chi connectivity index (χ3v) is 4.39. The molecule has 2 heterocycles. The van der Waals surface area contributed by atoms with Gasteiger partial charge in [-0.05, 0) is 49.9 Å². The van der Waals surface area contributed by atoms with Gasteiger partial charge in [0, 0.05) is 19.7 Å². The molecule has 114 valence electrons. The van der Waals surface area contributed by atoms with Crippen LogP contribution in [0.5, 0.6) is 0 Å². The largest absolute Gasteiger partial charge is 0.368 e. The highest BCUT2D eigenvalue weighted by Crippen LogP contribution is 2.17. The fourth-order valence-corrected chi connectivity index (χ4v) is 3.15. The summed E-state index contributed by atoms with van der Waals surface area (Å²) in [5, 5.41) is 3.02. The van der Waals surface area contributed by atoms with Crippen LogP contribution in [0.15, 0.2) is 24.3 Å². The Labute approximate surface area is 126 Å². The van der Waals surface area contributed by atoms with E-state index in [1.807, 2.05) is 6.07 Å². The van der Waals surface area contributed by atoms with Gasteiger partial charge >= 0.3 is 0 Å². The van der Waals surface area contributed by atoms with Gasteiger partial charge in [-0.3, -0.25) is 9.69 Å². The van der Waals surface area contributed by atoms with Crippen LogP contribution >= 0.6 is 0 Å². The van der Waals surface area contributed by atoms with Crippen LogP contribution in [-0.4, -0.2) is 36.6 Å². The summed E-state index contributed by atoms with van der Waals surface area (Å²) in [4.78, 5) is 14.5. The summed E-state index contributed by atoms with van der Waals surface area (Å²) in [6.07, 6.45) is 4.21. The molecular formula is C17H24N2O2. The number of carbonyl (C=O) groups is 1. The number of nitrogens with zero attached hydrogens (tertiary/aromatic N) is 1. The summed E-state index contributed by atoms with van der Waals surface area (Å²) >= 11 is 0. The number of nitrogens with one attached hydrogen (secondary N) is 1. The van der Waals surface area contributed by atoms with Crippen LogP contribution < -0.4 is 5.32 Å². The third kappa shape index (κ3) is 3.83. The maximum atomic E-state index is 12.0. The zero-order chi connectivity index (χ0) is 14.5. The summed E-state index contributed by atoms with van der Waals surface area (Å²) in [5.74, 6) is 0.0310. The molecule has 2 fully saturated rings. The van der Waals surface area contributed by atoms with Gasteiger partial charge in [-0.2, -0.15) is 0 Å². The molecule has 1 aromatic carbocycles. The number of benzene rings is 1. The van der Waals surface area contributed by atoms with Crippen LogP contribution in [0.1, 0.15) is 36.8 Å². The highest BCUT2D eigenvalue weighted by atomic mass is 16.5. The molecule has 1 aromatic rings. The Bertz CT molecular complexity index is 477. The predicted molar refractivity (Wildman–Crippen MR) is 81.8 cm³/mol. The molecule has 21 heavy (non-hydrogen) atoms. The van der Waals surface area contributed by atoms with Gasteiger partial charge in [-0.1, -0.05) is 24.3 Å². The smallest absolute Gasteiger partial charge is 0.249 e. The standard InChI is InChI=1S/C17H24N2O2/c20-17(16-8-5-11-21-16)18-12-14-6-1-2-7-15(14)13-19-9-3-4-10-19/h1-2,6-7,16H,3-5,8-13H2,(H,18,20). The summed E-state index contributed by atoms with van der Waals surface area (Å²) in [7, 11) is 0. The second kappa shape index (κ2) is 7.05. The van der Waals surface area contributed by atoms with Crippen molar-refractivity contribution in [2.45, 2.75) is 44.9 Å². The average Bonchev–Trinajstić information content (AvgIpc) is 3.19. The highest BCUT2D eigenvalue weighted by molar-refractivity contribution is 5.80. The first-order valence-corrected chi connectivity index (χ1v) is 8.01. The van der Waals surface area contributed by atoms with Crippen molar-refractivity contribution < 1.29 is 9.53 Å². The molecular weight excluding hydrogens is 264 g/mol. The second-order valence-corrected chi connectivity index (χ2v) is 5.97. The molecule has 2 aliphatic heterocycles. The Morgan fingerprint density at radius 2 is 1.95 bits per heavy atom. The minimum Gasteiger partial charge on any atom is -0.368 e. The second-order valence-electron chi connectivity index (χ2n) is 5.97. The van der Waals surface area contributed by atoms with Gasteiger partial charge in [0.15, 0.2) is 0 Å². The van der Waals surface area contributed by atoms with Crippen molar-refractivity contribution in [1.82, 2.24) is 10.2 Å². The topological polar surface area (TPSA) is 41.6 Å². The zero-order valence-corrected chi connectivity index (χ0v) is 12.5. The molecule has 0 aromatic heterocycles. The van der Waals surface area contributed by atoms with Gasteiger partial charge in [-0.25, -0.2) is 0 Å². The van der Waals surface area contributed by atoms with Crippen LogP contribution in [0.3, 0.4) is 0 Å². The lowest BCUT2D eigenvalue weighted by Crippen LogP contribution is -2.34. The molecule has 2 saturated heterocycles. The molecule has 2 aliphatic rings. The predicted octanol–water partition coefficient (Wildman–Crippen LogP) is 2.08. The Hall–Kier alpha value is -1.39. The molecule has 0 aliphatic carbocycles. The molecule has 1 amide bonds. The zero-order valence-electron chi connectivity index (χ0n) is 12.5. The van der Waals surface area contributed by atoms with E-state index in [0.717, 1.165) is 19.4 Å². The maximum absolute atomic E-state index is 12.0. The average molecular weight is 288 g/mol. The first-order valence-electron chi connectivity index (χ1n) is 8.01. The normalized spacial score (nSPS) is 22.6. The number of carbonyl (C=O) groups excluding carboxylic acids is 1. The number of rotatable bonds is 5. The van der Waals surface area contributed by atoms with Crippen LogP contribution in [0.2, 0.25) is 0 Å². The molecule has 0 bridgehead atoms. The molecule has 0 spiro atoms. The molecule has 1 unspecified atom stereocenters. The van der Waals surface area contributed by atoms with Crippen molar-refractivity contribution in [3.8, 4) is 0 Å². The first kappa shape index (κ1) is 14.5. The van der Waals surface area contributed by atoms with E-state index in [9.17, 15) is 4.79 Å². The molecule has 3 rings (SSSR count). The van der Waals surface area contributed by atoms with Crippen LogP contribution in [0, 0.1) is 0 Å². The molecule has 0 saturated carbocycles. The van der Waals surface area contributed by atoms with Gasteiger partial charge in [0.25, 0.3) is 0 Å². The quantitative estimate of drug-likeness (QED) is 0.902. The molecule has 0 radical (unpaired) electrons. The van der Waals surface area contributed by atoms with E-state index >= 15 is 0 Å². The number of amides is 1. The monoisotopic (exact) mass is 288 g/mol. The number of hydrogen-bond donors (Lipinski definition) is 1. The summed E-state index contributed by atoms with van der Waals surface area (Å²) < 4.78 is 5.42. The fourth-order valence-electron chi connectivity index (χ4n) is 3.15. The highest BCUT2D eigenvalue weighted by Gasteiger charge is 2.23. The van der Waals surface area contributed by atoms with E-state index in [0.29, 0.717) is 13.2 Å². The number of likely N-dealkylation sites (tertiary alicyclic amines) is 1. The lowest BCUT2D eigenvalue weighted by Gasteiger charge is -2.18. The number of ether oxygens (including phenoxy) is 1. The van der Waals surface area contributed by atoms with Crippen molar-refractivity contribution in [2.75, 3.05) is 19.7 Å². The van der Waals surface area contributed by atoms with E-state index in [2.05, 4.69) is 28.4 Å².